The molecular weight excluding hydrogens is 591 g/mol. The number of pyridine rings is 1. The molecule has 0 N–H and O–H groups in total. The highest BCUT2D eigenvalue weighted by Gasteiger charge is 2.35. The van der Waals surface area contributed by atoms with Gasteiger partial charge in [-0.1, -0.05) is 157 Å². The van der Waals surface area contributed by atoms with Crippen molar-refractivity contribution < 1.29 is 0 Å². The van der Waals surface area contributed by atoms with Crippen molar-refractivity contribution in [2.75, 3.05) is 0 Å². The lowest BCUT2D eigenvalue weighted by Crippen LogP contribution is -2.14. The SMILES string of the molecule is CCCCCCc1cc(CCCCCC)cc(-c2cc(-c3ccc4c(c3)C(C)(C)c3ccccc3-4)nc3ccc(-c4ccccc4)cc23)c1. The van der Waals surface area contributed by atoms with Crippen molar-refractivity contribution in [1.82, 2.24) is 4.98 Å². The molecule has 0 atom stereocenters. The van der Waals surface area contributed by atoms with Gasteiger partial charge < -0.3 is 0 Å². The average molecular weight is 642 g/mol. The summed E-state index contributed by atoms with van der Waals surface area (Å²) in [5.41, 5.74) is 16.8. The molecule has 0 saturated carbocycles. The molecule has 1 nitrogen and oxygen atoms in total. The van der Waals surface area contributed by atoms with Crippen molar-refractivity contribution in [3.05, 3.63) is 138 Å². The number of benzene rings is 5. The third kappa shape index (κ3) is 6.86. The summed E-state index contributed by atoms with van der Waals surface area (Å²) in [6.45, 7) is 9.32. The molecule has 0 unspecified atom stereocenters. The van der Waals surface area contributed by atoms with Crippen molar-refractivity contribution in [2.45, 2.75) is 97.3 Å². The highest BCUT2D eigenvalue weighted by atomic mass is 14.7. The van der Waals surface area contributed by atoms with Crippen LogP contribution in [-0.4, -0.2) is 4.98 Å². The lowest BCUT2D eigenvalue weighted by Gasteiger charge is -2.22. The van der Waals surface area contributed by atoms with Gasteiger partial charge in [0.05, 0.1) is 11.2 Å². The van der Waals surface area contributed by atoms with E-state index < -0.39 is 0 Å². The molecule has 1 aromatic heterocycles. The summed E-state index contributed by atoms with van der Waals surface area (Å²) in [6, 6.07) is 43.4. The maximum absolute atomic E-state index is 5.37. The quantitative estimate of drug-likeness (QED) is 0.114. The molecule has 0 fully saturated rings. The van der Waals surface area contributed by atoms with Crippen molar-refractivity contribution in [1.29, 1.82) is 0 Å². The summed E-state index contributed by atoms with van der Waals surface area (Å²) in [5.74, 6) is 0. The Kier molecular flexibility index (Phi) is 9.81. The van der Waals surface area contributed by atoms with Gasteiger partial charge in [0.25, 0.3) is 0 Å². The highest BCUT2D eigenvalue weighted by molar-refractivity contribution is 5.99. The second-order valence-corrected chi connectivity index (χ2v) is 14.7. The van der Waals surface area contributed by atoms with Gasteiger partial charge in [0, 0.05) is 16.4 Å². The van der Waals surface area contributed by atoms with Crippen LogP contribution in [0.25, 0.3) is 55.5 Å². The molecule has 0 bridgehead atoms. The largest absolute Gasteiger partial charge is 0.248 e. The van der Waals surface area contributed by atoms with E-state index in [1.165, 1.54) is 118 Å². The van der Waals surface area contributed by atoms with E-state index in [9.17, 15) is 0 Å². The molecule has 0 saturated heterocycles. The molecule has 0 aliphatic heterocycles. The van der Waals surface area contributed by atoms with Crippen molar-refractivity contribution in [2.24, 2.45) is 0 Å². The number of unbranched alkanes of at least 4 members (excludes halogenated alkanes) is 6. The van der Waals surface area contributed by atoms with Crippen LogP contribution in [0.2, 0.25) is 0 Å². The molecular formula is C48H51N. The van der Waals surface area contributed by atoms with Gasteiger partial charge in [-0.3, -0.25) is 0 Å². The van der Waals surface area contributed by atoms with E-state index in [1.54, 1.807) is 0 Å². The number of hydrogen-bond acceptors (Lipinski definition) is 1. The monoisotopic (exact) mass is 641 g/mol. The number of rotatable bonds is 13. The topological polar surface area (TPSA) is 12.9 Å². The molecule has 49 heavy (non-hydrogen) atoms. The van der Waals surface area contributed by atoms with Crippen molar-refractivity contribution in [3.63, 3.8) is 0 Å². The lowest BCUT2D eigenvalue weighted by molar-refractivity contribution is 0.660. The molecule has 0 spiro atoms. The van der Waals surface area contributed by atoms with Gasteiger partial charge >= 0.3 is 0 Å². The Bertz CT molecular complexity index is 2040. The lowest BCUT2D eigenvalue weighted by atomic mass is 9.82. The summed E-state index contributed by atoms with van der Waals surface area (Å²) < 4.78 is 0. The Morgan fingerprint density at radius 1 is 0.469 bits per heavy atom. The van der Waals surface area contributed by atoms with Gasteiger partial charge in [0.2, 0.25) is 0 Å². The molecule has 5 aromatic carbocycles. The molecule has 1 aliphatic rings. The van der Waals surface area contributed by atoms with Crippen LogP contribution in [0.1, 0.15) is 101 Å². The molecule has 1 heterocycles. The van der Waals surface area contributed by atoms with Crippen LogP contribution in [0.15, 0.2) is 115 Å². The zero-order valence-electron chi connectivity index (χ0n) is 30.0. The van der Waals surface area contributed by atoms with E-state index in [0.29, 0.717) is 0 Å². The first-order valence-corrected chi connectivity index (χ1v) is 18.8. The van der Waals surface area contributed by atoms with Gasteiger partial charge in [-0.2, -0.15) is 0 Å². The standard InChI is InChI=1S/C48H51N/c1-5-7-9-12-18-34-28-35(19-13-10-8-6-2)30-39(29-34)42-33-47(49-46-27-25-37(31-43(42)46)36-20-14-11-15-21-36)38-24-26-41-40-22-16-17-23-44(40)48(3,4)45(41)32-38/h11,14-17,20-33H,5-10,12-13,18-19H2,1-4H3. The van der Waals surface area contributed by atoms with Crippen LogP contribution < -0.4 is 0 Å². The molecule has 6 aromatic rings. The minimum atomic E-state index is -0.0506. The Balaban J connectivity index is 1.37. The van der Waals surface area contributed by atoms with Crippen LogP contribution >= 0.6 is 0 Å². The first-order chi connectivity index (χ1) is 24.0. The Labute approximate surface area is 294 Å². The van der Waals surface area contributed by atoms with E-state index >= 15 is 0 Å². The summed E-state index contributed by atoms with van der Waals surface area (Å²) in [6.07, 6.45) is 12.5. The molecule has 0 amide bonds. The van der Waals surface area contributed by atoms with Gasteiger partial charge in [0.1, 0.15) is 0 Å². The van der Waals surface area contributed by atoms with E-state index in [-0.39, 0.29) is 5.41 Å². The third-order valence-electron chi connectivity index (χ3n) is 10.8. The molecule has 0 radical (unpaired) electrons. The number of aromatic nitrogens is 1. The fourth-order valence-electron chi connectivity index (χ4n) is 8.00. The molecule has 1 heteroatoms. The molecule has 1 aliphatic carbocycles. The predicted octanol–water partition coefficient (Wildman–Crippen LogP) is 13.8. The van der Waals surface area contributed by atoms with Crippen LogP contribution in [0.3, 0.4) is 0 Å². The van der Waals surface area contributed by atoms with Gasteiger partial charge in [-0.15, -0.1) is 0 Å². The van der Waals surface area contributed by atoms with E-state index in [0.717, 1.165) is 24.1 Å². The number of hydrogen-bond donors (Lipinski definition) is 0. The molecule has 248 valence electrons. The van der Waals surface area contributed by atoms with Crippen LogP contribution in [0.5, 0.6) is 0 Å². The van der Waals surface area contributed by atoms with Gasteiger partial charge in [-0.25, -0.2) is 4.98 Å². The maximum Gasteiger partial charge on any atom is 0.0716 e. The Hall–Kier alpha value is -4.49. The van der Waals surface area contributed by atoms with Crippen LogP contribution in [0, 0.1) is 0 Å². The van der Waals surface area contributed by atoms with Crippen molar-refractivity contribution >= 4 is 10.9 Å². The smallest absolute Gasteiger partial charge is 0.0716 e. The summed E-state index contributed by atoms with van der Waals surface area (Å²) in [5, 5.41) is 1.22. The zero-order chi connectivity index (χ0) is 33.8. The van der Waals surface area contributed by atoms with E-state index in [1.807, 2.05) is 0 Å². The second kappa shape index (κ2) is 14.6. The predicted molar refractivity (Wildman–Crippen MR) is 211 cm³/mol. The van der Waals surface area contributed by atoms with Crippen molar-refractivity contribution in [3.8, 4) is 44.6 Å². The minimum absolute atomic E-state index is 0.0506. The Morgan fingerprint density at radius 3 is 1.84 bits per heavy atom. The number of nitrogens with zero attached hydrogens (tertiary/aromatic N) is 1. The summed E-state index contributed by atoms with van der Waals surface area (Å²) >= 11 is 0. The van der Waals surface area contributed by atoms with E-state index in [4.69, 9.17) is 4.98 Å². The Morgan fingerprint density at radius 2 is 1.12 bits per heavy atom. The zero-order valence-corrected chi connectivity index (χ0v) is 30.0. The first kappa shape index (κ1) is 33.0. The van der Waals surface area contributed by atoms with E-state index in [2.05, 4.69) is 143 Å². The minimum Gasteiger partial charge on any atom is -0.248 e. The van der Waals surface area contributed by atoms with Gasteiger partial charge in [-0.05, 0) is 106 Å². The maximum atomic E-state index is 5.37. The van der Waals surface area contributed by atoms with Gasteiger partial charge in [0.15, 0.2) is 0 Å². The highest BCUT2D eigenvalue weighted by Crippen LogP contribution is 2.49. The summed E-state index contributed by atoms with van der Waals surface area (Å²) in [4.78, 5) is 5.37. The van der Waals surface area contributed by atoms with Crippen LogP contribution in [-0.2, 0) is 18.3 Å². The van der Waals surface area contributed by atoms with Crippen LogP contribution in [0.4, 0.5) is 0 Å². The first-order valence-electron chi connectivity index (χ1n) is 18.8. The summed E-state index contributed by atoms with van der Waals surface area (Å²) in [7, 11) is 0. The number of aryl methyl sites for hydroxylation is 2. The molecule has 7 rings (SSSR count). The normalized spacial score (nSPS) is 13.1. The third-order valence-corrected chi connectivity index (χ3v) is 10.8. The fraction of sp³-hybridized carbons (Fsp3) is 0.312. The average Bonchev–Trinajstić information content (AvgIpc) is 3.37. The second-order valence-electron chi connectivity index (χ2n) is 14.7. The fourth-order valence-corrected chi connectivity index (χ4v) is 8.00. The number of fused-ring (bicyclic) bond motifs is 4.